The molecular weight excluding hydrogens is 366 g/mol. The summed E-state index contributed by atoms with van der Waals surface area (Å²) in [5, 5.41) is 17.6. The van der Waals surface area contributed by atoms with Crippen LogP contribution in [0.25, 0.3) is 0 Å². The first kappa shape index (κ1) is 19.2. The lowest BCUT2D eigenvalue weighted by Gasteiger charge is -2.38. The molecular formula is C23H25N3O3. The first-order valence-corrected chi connectivity index (χ1v) is 9.87. The minimum Gasteiger partial charge on any atom is -0.377 e. The molecule has 6 nitrogen and oxygen atoms in total. The van der Waals surface area contributed by atoms with Gasteiger partial charge in [0.1, 0.15) is 0 Å². The average molecular weight is 391 g/mol. The van der Waals surface area contributed by atoms with E-state index in [1.807, 2.05) is 45.0 Å². The Morgan fingerprint density at radius 1 is 1.17 bits per heavy atom. The summed E-state index contributed by atoms with van der Waals surface area (Å²) in [5.74, 6) is 0.420. The van der Waals surface area contributed by atoms with Gasteiger partial charge in [0.05, 0.1) is 22.2 Å². The van der Waals surface area contributed by atoms with Gasteiger partial charge in [0.15, 0.2) is 0 Å². The highest BCUT2D eigenvalue weighted by Crippen LogP contribution is 2.50. The van der Waals surface area contributed by atoms with Gasteiger partial charge in [-0.2, -0.15) is 0 Å². The number of carbonyl (C=O) groups excluding carboxylic acids is 1. The summed E-state index contributed by atoms with van der Waals surface area (Å²) >= 11 is 0. The largest absolute Gasteiger partial charge is 0.377 e. The lowest BCUT2D eigenvalue weighted by atomic mass is 9.76. The van der Waals surface area contributed by atoms with Crippen LogP contribution in [-0.2, 0) is 0 Å². The van der Waals surface area contributed by atoms with Crippen LogP contribution in [0.4, 0.5) is 11.4 Å². The van der Waals surface area contributed by atoms with Crippen molar-refractivity contribution in [2.24, 2.45) is 5.92 Å². The van der Waals surface area contributed by atoms with E-state index in [9.17, 15) is 14.9 Å². The fourth-order valence-electron chi connectivity index (χ4n) is 4.35. The van der Waals surface area contributed by atoms with Crippen LogP contribution >= 0.6 is 0 Å². The van der Waals surface area contributed by atoms with E-state index in [0.717, 1.165) is 23.2 Å². The molecule has 3 unspecified atom stereocenters. The number of fused-ring (bicyclic) bond motifs is 3. The monoisotopic (exact) mass is 391 g/mol. The van der Waals surface area contributed by atoms with E-state index in [4.69, 9.17) is 0 Å². The number of para-hydroxylation sites is 1. The smallest absolute Gasteiger partial charge is 0.269 e. The highest BCUT2D eigenvalue weighted by atomic mass is 16.6. The lowest BCUT2D eigenvalue weighted by molar-refractivity contribution is -0.384. The first-order valence-electron chi connectivity index (χ1n) is 9.87. The number of nitrogens with zero attached hydrogens (tertiary/aromatic N) is 1. The van der Waals surface area contributed by atoms with Crippen LogP contribution < -0.4 is 10.6 Å². The van der Waals surface area contributed by atoms with Gasteiger partial charge in [-0.15, -0.1) is 0 Å². The second-order valence-corrected chi connectivity index (χ2v) is 8.80. The Balaban J connectivity index is 1.74. The molecule has 150 valence electrons. The number of amides is 1. The summed E-state index contributed by atoms with van der Waals surface area (Å²) in [7, 11) is 0. The van der Waals surface area contributed by atoms with Gasteiger partial charge in [-0.1, -0.05) is 36.4 Å². The molecule has 4 rings (SSSR count). The van der Waals surface area contributed by atoms with E-state index in [1.54, 1.807) is 12.1 Å². The molecule has 2 aliphatic rings. The number of benzene rings is 2. The molecule has 2 aromatic carbocycles. The average Bonchev–Trinajstić information content (AvgIpc) is 3.15. The second-order valence-electron chi connectivity index (χ2n) is 8.80. The highest BCUT2D eigenvalue weighted by Gasteiger charge is 2.39. The maximum Gasteiger partial charge on any atom is 0.269 e. The van der Waals surface area contributed by atoms with E-state index >= 15 is 0 Å². The molecule has 0 fully saturated rings. The molecule has 0 saturated carbocycles. The number of non-ortho nitro benzene ring substituents is 1. The SMILES string of the molecule is CC(C)(C)NC(=O)c1cccc2c1NC(c1ccc([N+](=O)[O-])cc1)C1CC=CC21. The van der Waals surface area contributed by atoms with Crippen LogP contribution in [0.15, 0.2) is 54.6 Å². The van der Waals surface area contributed by atoms with Crippen molar-refractivity contribution in [2.75, 3.05) is 5.32 Å². The van der Waals surface area contributed by atoms with Crippen molar-refractivity contribution in [1.29, 1.82) is 0 Å². The van der Waals surface area contributed by atoms with Crippen molar-refractivity contribution < 1.29 is 9.72 Å². The number of nitro benzene ring substituents is 1. The van der Waals surface area contributed by atoms with E-state index in [0.29, 0.717) is 11.5 Å². The van der Waals surface area contributed by atoms with Gasteiger partial charge in [-0.05, 0) is 50.3 Å². The van der Waals surface area contributed by atoms with Crippen LogP contribution in [0.3, 0.4) is 0 Å². The van der Waals surface area contributed by atoms with Gasteiger partial charge < -0.3 is 10.6 Å². The van der Waals surface area contributed by atoms with E-state index in [2.05, 4.69) is 28.9 Å². The Morgan fingerprint density at radius 3 is 2.55 bits per heavy atom. The molecule has 1 heterocycles. The molecule has 0 saturated heterocycles. The van der Waals surface area contributed by atoms with Crippen molar-refractivity contribution in [3.63, 3.8) is 0 Å². The number of allylic oxidation sites excluding steroid dienone is 2. The molecule has 0 spiro atoms. The lowest BCUT2D eigenvalue weighted by Crippen LogP contribution is -2.41. The van der Waals surface area contributed by atoms with E-state index in [1.165, 1.54) is 0 Å². The van der Waals surface area contributed by atoms with Crippen LogP contribution in [0.5, 0.6) is 0 Å². The zero-order chi connectivity index (χ0) is 20.8. The van der Waals surface area contributed by atoms with Crippen molar-refractivity contribution in [1.82, 2.24) is 5.32 Å². The van der Waals surface area contributed by atoms with Gasteiger partial charge in [-0.3, -0.25) is 14.9 Å². The second kappa shape index (κ2) is 7.03. The summed E-state index contributed by atoms with van der Waals surface area (Å²) in [6, 6.07) is 12.6. The van der Waals surface area contributed by atoms with Gasteiger partial charge in [-0.25, -0.2) is 0 Å². The Bertz CT molecular complexity index is 989. The molecule has 1 aliphatic carbocycles. The molecule has 29 heavy (non-hydrogen) atoms. The zero-order valence-corrected chi connectivity index (χ0v) is 16.8. The quantitative estimate of drug-likeness (QED) is 0.440. The van der Waals surface area contributed by atoms with Crippen molar-refractivity contribution >= 4 is 17.3 Å². The van der Waals surface area contributed by atoms with Crippen LogP contribution in [-0.4, -0.2) is 16.4 Å². The minimum atomic E-state index is -0.387. The third kappa shape index (κ3) is 3.62. The number of hydrogen-bond acceptors (Lipinski definition) is 4. The molecule has 1 amide bonds. The maximum atomic E-state index is 12.9. The summed E-state index contributed by atoms with van der Waals surface area (Å²) < 4.78 is 0. The number of carbonyl (C=O) groups is 1. The highest BCUT2D eigenvalue weighted by molar-refractivity contribution is 6.01. The standard InChI is InChI=1S/C23H25N3O3/c1-23(2,3)25-22(27)19-9-5-8-18-16-6-4-7-17(16)20(24-21(18)19)14-10-12-15(13-11-14)26(28)29/h4-6,8-13,16-17,20,24H,7H2,1-3H3,(H,25,27). The summed E-state index contributed by atoms with van der Waals surface area (Å²) in [4.78, 5) is 23.6. The Kier molecular flexibility index (Phi) is 4.65. The predicted octanol–water partition coefficient (Wildman–Crippen LogP) is 4.95. The number of anilines is 1. The Hall–Kier alpha value is -3.15. The molecule has 6 heteroatoms. The normalized spacial score (nSPS) is 22.4. The van der Waals surface area contributed by atoms with Crippen LogP contribution in [0, 0.1) is 16.0 Å². The fraction of sp³-hybridized carbons (Fsp3) is 0.348. The molecule has 0 aromatic heterocycles. The molecule has 0 bridgehead atoms. The number of nitro groups is 1. The summed E-state index contributed by atoms with van der Waals surface area (Å²) in [5.41, 5.74) is 3.35. The van der Waals surface area contributed by atoms with E-state index < -0.39 is 0 Å². The third-order valence-electron chi connectivity index (χ3n) is 5.59. The third-order valence-corrected chi connectivity index (χ3v) is 5.59. The van der Waals surface area contributed by atoms with Crippen molar-refractivity contribution in [2.45, 2.75) is 44.7 Å². The fourth-order valence-corrected chi connectivity index (χ4v) is 4.35. The first-order chi connectivity index (χ1) is 13.7. The van der Waals surface area contributed by atoms with E-state index in [-0.39, 0.29) is 34.0 Å². The van der Waals surface area contributed by atoms with Crippen molar-refractivity contribution in [3.8, 4) is 0 Å². The predicted molar refractivity (Wildman–Crippen MR) is 113 cm³/mol. The molecule has 0 radical (unpaired) electrons. The maximum absolute atomic E-state index is 12.9. The number of rotatable bonds is 3. The summed E-state index contributed by atoms with van der Waals surface area (Å²) in [6.07, 6.45) is 5.33. The molecule has 1 aliphatic heterocycles. The van der Waals surface area contributed by atoms with Crippen LogP contribution in [0.2, 0.25) is 0 Å². The zero-order valence-electron chi connectivity index (χ0n) is 16.8. The Labute approximate surface area is 170 Å². The number of nitrogens with one attached hydrogen (secondary N) is 2. The summed E-state index contributed by atoms with van der Waals surface area (Å²) in [6.45, 7) is 5.88. The number of hydrogen-bond donors (Lipinski definition) is 2. The molecule has 3 atom stereocenters. The Morgan fingerprint density at radius 2 is 1.90 bits per heavy atom. The van der Waals surface area contributed by atoms with Gasteiger partial charge >= 0.3 is 0 Å². The van der Waals surface area contributed by atoms with Crippen molar-refractivity contribution in [3.05, 3.63) is 81.4 Å². The molecule has 2 aromatic rings. The molecule has 2 N–H and O–H groups in total. The minimum absolute atomic E-state index is 0.0214. The van der Waals surface area contributed by atoms with Crippen LogP contribution in [0.1, 0.15) is 60.6 Å². The van der Waals surface area contributed by atoms with Gasteiger partial charge in [0.2, 0.25) is 0 Å². The van der Waals surface area contributed by atoms with Gasteiger partial charge in [0.25, 0.3) is 11.6 Å². The topological polar surface area (TPSA) is 84.3 Å². The van der Waals surface area contributed by atoms with Gasteiger partial charge in [0, 0.05) is 23.6 Å².